The summed E-state index contributed by atoms with van der Waals surface area (Å²) in [5, 5.41) is 31.3. The van der Waals surface area contributed by atoms with Crippen LogP contribution in [0.2, 0.25) is 0 Å². The lowest BCUT2D eigenvalue weighted by molar-refractivity contribution is -0.117. The van der Waals surface area contributed by atoms with Crippen LogP contribution in [0.5, 0.6) is 0 Å². The molecule has 0 spiro atoms. The van der Waals surface area contributed by atoms with E-state index in [1.807, 2.05) is 24.3 Å². The monoisotopic (exact) mass is 384 g/mol. The average molecular weight is 384 g/mol. The zero-order valence-electron chi connectivity index (χ0n) is 16.0. The molecular formula is C22H20N6O. The number of hydrogen-bond donors (Lipinski definition) is 3. The van der Waals surface area contributed by atoms with Gasteiger partial charge >= 0.3 is 0 Å². The van der Waals surface area contributed by atoms with Crippen LogP contribution in [0.1, 0.15) is 22.3 Å². The van der Waals surface area contributed by atoms with Crippen molar-refractivity contribution in [3.8, 4) is 23.4 Å². The van der Waals surface area contributed by atoms with E-state index in [9.17, 15) is 10.1 Å². The van der Waals surface area contributed by atoms with Crippen LogP contribution in [0.15, 0.2) is 48.2 Å². The molecule has 0 atom stereocenters. The Kier molecular flexibility index (Phi) is 5.91. The molecule has 3 N–H and O–H groups in total. The molecule has 7 heteroatoms. The highest BCUT2D eigenvalue weighted by Crippen LogP contribution is 2.34. The Bertz CT molecular complexity index is 1060. The van der Waals surface area contributed by atoms with Crippen LogP contribution in [0.4, 0.5) is 0 Å². The number of hydrogen-bond acceptors (Lipinski definition) is 6. The minimum atomic E-state index is -0.339. The number of carbonyl (C=O) groups is 1. The van der Waals surface area contributed by atoms with Gasteiger partial charge in [0, 0.05) is 26.0 Å². The lowest BCUT2D eigenvalue weighted by Gasteiger charge is -2.13. The van der Waals surface area contributed by atoms with Gasteiger partial charge in [-0.3, -0.25) is 4.79 Å². The second kappa shape index (κ2) is 8.73. The van der Waals surface area contributed by atoms with Crippen LogP contribution in [-0.4, -0.2) is 24.1 Å². The number of nitriles is 2. The lowest BCUT2D eigenvalue weighted by atomic mass is 9.94. The van der Waals surface area contributed by atoms with Crippen LogP contribution in [0.3, 0.4) is 0 Å². The van der Waals surface area contributed by atoms with E-state index in [1.54, 1.807) is 24.1 Å². The molecule has 29 heavy (non-hydrogen) atoms. The smallest absolute Gasteiger partial charge is 0.254 e. The molecule has 1 aliphatic heterocycles. The molecule has 7 nitrogen and oxygen atoms in total. The van der Waals surface area contributed by atoms with Gasteiger partial charge in [0.25, 0.3) is 5.91 Å². The third-order valence-corrected chi connectivity index (χ3v) is 4.75. The van der Waals surface area contributed by atoms with Crippen molar-refractivity contribution in [2.75, 3.05) is 7.05 Å². The summed E-state index contributed by atoms with van der Waals surface area (Å²) >= 11 is 0. The van der Waals surface area contributed by atoms with E-state index in [4.69, 9.17) is 10.7 Å². The molecule has 0 unspecified atom stereocenters. The number of nitrogens with zero attached hydrogens (tertiary/aromatic N) is 3. The minimum absolute atomic E-state index is 0.233. The molecule has 0 fully saturated rings. The highest BCUT2D eigenvalue weighted by molar-refractivity contribution is 6.11. The number of rotatable bonds is 6. The summed E-state index contributed by atoms with van der Waals surface area (Å²) < 4.78 is 0. The summed E-state index contributed by atoms with van der Waals surface area (Å²) in [6, 6.07) is 13.5. The largest absolute Gasteiger partial charge is 0.393 e. The van der Waals surface area contributed by atoms with Gasteiger partial charge < -0.3 is 20.9 Å². The van der Waals surface area contributed by atoms with Crippen LogP contribution >= 0.6 is 0 Å². The molecular weight excluding hydrogens is 364 g/mol. The first-order valence-corrected chi connectivity index (χ1v) is 9.05. The van der Waals surface area contributed by atoms with Crippen molar-refractivity contribution >= 4 is 12.1 Å². The van der Waals surface area contributed by atoms with Crippen LogP contribution in [0, 0.1) is 28.2 Å². The fraction of sp³-hybridized carbons (Fsp3) is 0.182. The predicted octanol–water partition coefficient (Wildman–Crippen LogP) is 2.39. The van der Waals surface area contributed by atoms with Crippen molar-refractivity contribution in [2.45, 2.75) is 19.6 Å². The van der Waals surface area contributed by atoms with E-state index in [1.165, 1.54) is 6.20 Å². The summed E-state index contributed by atoms with van der Waals surface area (Å²) in [5.41, 5.74) is 5.82. The van der Waals surface area contributed by atoms with Crippen molar-refractivity contribution < 1.29 is 4.79 Å². The summed E-state index contributed by atoms with van der Waals surface area (Å²) in [4.78, 5) is 13.9. The molecule has 0 saturated carbocycles. The van der Waals surface area contributed by atoms with Gasteiger partial charge in [-0.15, -0.1) is 0 Å². The Labute approximate surface area is 169 Å². The molecule has 0 aliphatic carbocycles. The number of nitrogens with one attached hydrogen (secondary N) is 3. The minimum Gasteiger partial charge on any atom is -0.393 e. The quantitative estimate of drug-likeness (QED) is 0.402. The second-order valence-electron chi connectivity index (χ2n) is 6.64. The fourth-order valence-electron chi connectivity index (χ4n) is 3.35. The van der Waals surface area contributed by atoms with Gasteiger partial charge in [0.2, 0.25) is 0 Å². The molecule has 1 aliphatic rings. The molecule has 1 amide bonds. The number of carbonyl (C=O) groups excluding carboxylic acids is 1. The van der Waals surface area contributed by atoms with Crippen LogP contribution in [-0.2, 0) is 24.4 Å². The van der Waals surface area contributed by atoms with E-state index in [2.05, 4.69) is 22.9 Å². The van der Waals surface area contributed by atoms with E-state index < -0.39 is 0 Å². The lowest BCUT2D eigenvalue weighted by Crippen LogP contribution is -2.26. The van der Waals surface area contributed by atoms with E-state index in [0.29, 0.717) is 25.2 Å². The number of fused-ring (bicyclic) bond motifs is 1. The average Bonchev–Trinajstić information content (AvgIpc) is 3.18. The molecule has 2 aromatic carbocycles. The Morgan fingerprint density at radius 2 is 2.00 bits per heavy atom. The third kappa shape index (κ3) is 4.26. The molecule has 144 valence electrons. The van der Waals surface area contributed by atoms with Crippen molar-refractivity contribution in [3.05, 3.63) is 70.4 Å². The first-order chi connectivity index (χ1) is 14.1. The van der Waals surface area contributed by atoms with Gasteiger partial charge in [-0.1, -0.05) is 18.2 Å². The zero-order chi connectivity index (χ0) is 20.8. The van der Waals surface area contributed by atoms with E-state index in [0.717, 1.165) is 34.0 Å². The van der Waals surface area contributed by atoms with Crippen molar-refractivity contribution in [1.29, 1.82) is 15.9 Å². The van der Waals surface area contributed by atoms with E-state index >= 15 is 0 Å². The molecule has 3 rings (SSSR count). The highest BCUT2D eigenvalue weighted by Gasteiger charge is 2.22. The van der Waals surface area contributed by atoms with Gasteiger partial charge in [0.1, 0.15) is 0 Å². The van der Waals surface area contributed by atoms with Crippen LogP contribution < -0.4 is 10.6 Å². The molecule has 0 saturated heterocycles. The van der Waals surface area contributed by atoms with Gasteiger partial charge in [0.15, 0.2) is 6.19 Å². The number of benzene rings is 2. The molecule has 0 bridgehead atoms. The topological polar surface area (TPSA) is 116 Å². The van der Waals surface area contributed by atoms with Gasteiger partial charge in [-0.2, -0.15) is 10.5 Å². The Morgan fingerprint density at radius 3 is 2.62 bits per heavy atom. The van der Waals surface area contributed by atoms with Crippen molar-refractivity contribution in [3.63, 3.8) is 0 Å². The fourth-order valence-corrected chi connectivity index (χ4v) is 3.35. The molecule has 0 radical (unpaired) electrons. The standard InChI is InChI=1S/C22H20N6O/c1-26-11-19(9-24)22(29)27-10-16-6-18-12-28(14-25)13-21(18)20(7-16)17-4-2-15(8-23)3-5-17/h2-7,9,11,24,26H,10,12-13H2,1H3,(H,27,29)/b19-11+,24-9?. The zero-order valence-corrected chi connectivity index (χ0v) is 16.0. The van der Waals surface area contributed by atoms with Crippen molar-refractivity contribution in [2.24, 2.45) is 0 Å². The maximum absolute atomic E-state index is 12.2. The molecule has 1 heterocycles. The van der Waals surface area contributed by atoms with Gasteiger partial charge in [-0.05, 0) is 46.0 Å². The molecule has 0 aromatic heterocycles. The van der Waals surface area contributed by atoms with E-state index in [-0.39, 0.29) is 11.5 Å². The Morgan fingerprint density at radius 1 is 1.24 bits per heavy atom. The third-order valence-electron chi connectivity index (χ3n) is 4.75. The Hall–Kier alpha value is -4.10. The summed E-state index contributed by atoms with van der Waals surface area (Å²) in [7, 11) is 1.67. The van der Waals surface area contributed by atoms with Crippen molar-refractivity contribution in [1.82, 2.24) is 15.5 Å². The second-order valence-corrected chi connectivity index (χ2v) is 6.64. The maximum atomic E-state index is 12.2. The summed E-state index contributed by atoms with van der Waals surface area (Å²) in [5.74, 6) is -0.339. The maximum Gasteiger partial charge on any atom is 0.254 e. The normalized spacial score (nSPS) is 12.5. The first kappa shape index (κ1) is 19.7. The summed E-state index contributed by atoms with van der Waals surface area (Å²) in [6.07, 6.45) is 4.67. The SMILES string of the molecule is CN/C=C(\C=N)C(=O)NCc1cc2c(c(-c3ccc(C#N)cc3)c1)CN(C#N)C2. The Balaban J connectivity index is 1.92. The first-order valence-electron chi connectivity index (χ1n) is 9.05. The molecule has 2 aromatic rings. The van der Waals surface area contributed by atoms with Crippen LogP contribution in [0.25, 0.3) is 11.1 Å². The highest BCUT2D eigenvalue weighted by atomic mass is 16.1. The number of amides is 1. The summed E-state index contributed by atoms with van der Waals surface area (Å²) in [6.45, 7) is 1.37. The van der Waals surface area contributed by atoms with Gasteiger partial charge in [0.05, 0.1) is 30.3 Å². The van der Waals surface area contributed by atoms with Gasteiger partial charge in [-0.25, -0.2) is 0 Å². The predicted molar refractivity (Wildman–Crippen MR) is 109 cm³/mol.